The predicted molar refractivity (Wildman–Crippen MR) is 53.8 cm³/mol. The van der Waals surface area contributed by atoms with Gasteiger partial charge in [-0.25, -0.2) is 4.39 Å². The molecule has 1 N–H and O–H groups in total. The smallest absolute Gasteiger partial charge is 0.225 e. The van der Waals surface area contributed by atoms with Crippen LogP contribution in [0, 0.1) is 5.92 Å². The summed E-state index contributed by atoms with van der Waals surface area (Å²) >= 11 is 0. The Morgan fingerprint density at radius 2 is 2.36 bits per heavy atom. The zero-order chi connectivity index (χ0) is 10.6. The Bertz CT molecular complexity index is 191. The summed E-state index contributed by atoms with van der Waals surface area (Å²) in [6.45, 7) is 5.24. The number of nitrogens with one attached hydrogen (secondary N) is 1. The van der Waals surface area contributed by atoms with Crippen LogP contribution in [0.3, 0.4) is 0 Å². The first-order chi connectivity index (χ1) is 6.66. The molecule has 1 amide bonds. The second-order valence-corrected chi connectivity index (χ2v) is 4.02. The SMILES string of the molecule is CC(C)C(=O)N(CCF)[C@H]1CCNC1. The first-order valence-corrected chi connectivity index (χ1v) is 5.24. The highest BCUT2D eigenvalue weighted by Crippen LogP contribution is 2.12. The van der Waals surface area contributed by atoms with E-state index in [-0.39, 0.29) is 24.4 Å². The van der Waals surface area contributed by atoms with E-state index >= 15 is 0 Å². The minimum absolute atomic E-state index is 0.0397. The number of rotatable bonds is 4. The molecule has 0 aromatic heterocycles. The molecule has 0 spiro atoms. The molecule has 1 aliphatic heterocycles. The normalized spacial score (nSPS) is 21.6. The molecule has 1 atom stereocenters. The highest BCUT2D eigenvalue weighted by atomic mass is 19.1. The fourth-order valence-electron chi connectivity index (χ4n) is 1.80. The second kappa shape index (κ2) is 5.29. The third-order valence-electron chi connectivity index (χ3n) is 2.58. The van der Waals surface area contributed by atoms with Crippen LogP contribution < -0.4 is 5.32 Å². The van der Waals surface area contributed by atoms with Gasteiger partial charge in [-0.2, -0.15) is 0 Å². The molecule has 0 unspecified atom stereocenters. The Morgan fingerprint density at radius 3 is 2.79 bits per heavy atom. The maximum atomic E-state index is 12.3. The number of amides is 1. The average Bonchev–Trinajstić information content (AvgIpc) is 2.65. The maximum Gasteiger partial charge on any atom is 0.225 e. The molecule has 0 aromatic carbocycles. The zero-order valence-corrected chi connectivity index (χ0v) is 8.92. The van der Waals surface area contributed by atoms with Crippen molar-refractivity contribution in [3.05, 3.63) is 0 Å². The maximum absolute atomic E-state index is 12.3. The van der Waals surface area contributed by atoms with Crippen molar-refractivity contribution in [2.75, 3.05) is 26.3 Å². The van der Waals surface area contributed by atoms with Crippen LogP contribution in [0.2, 0.25) is 0 Å². The number of hydrogen-bond acceptors (Lipinski definition) is 2. The van der Waals surface area contributed by atoms with Crippen LogP contribution >= 0.6 is 0 Å². The summed E-state index contributed by atoms with van der Waals surface area (Å²) in [5.41, 5.74) is 0. The fraction of sp³-hybridized carbons (Fsp3) is 0.900. The summed E-state index contributed by atoms with van der Waals surface area (Å²) in [6, 6.07) is 0.195. The summed E-state index contributed by atoms with van der Waals surface area (Å²) in [5.74, 6) is 0.0264. The highest BCUT2D eigenvalue weighted by molar-refractivity contribution is 5.78. The Balaban J connectivity index is 2.57. The van der Waals surface area contributed by atoms with Gasteiger partial charge in [-0.1, -0.05) is 13.8 Å². The number of nitrogens with zero attached hydrogens (tertiary/aromatic N) is 1. The van der Waals surface area contributed by atoms with Gasteiger partial charge in [-0.15, -0.1) is 0 Å². The van der Waals surface area contributed by atoms with E-state index in [4.69, 9.17) is 0 Å². The number of halogens is 1. The van der Waals surface area contributed by atoms with Crippen molar-refractivity contribution in [2.45, 2.75) is 26.3 Å². The molecule has 1 rings (SSSR count). The molecule has 1 fully saturated rings. The van der Waals surface area contributed by atoms with Gasteiger partial charge in [0.1, 0.15) is 6.67 Å². The molecule has 0 aromatic rings. The first-order valence-electron chi connectivity index (χ1n) is 5.24. The molecule has 1 aliphatic rings. The quantitative estimate of drug-likeness (QED) is 0.731. The molecule has 0 radical (unpaired) electrons. The molecule has 82 valence electrons. The van der Waals surface area contributed by atoms with Crippen LogP contribution in [0.15, 0.2) is 0 Å². The number of alkyl halides is 1. The van der Waals surface area contributed by atoms with Crippen molar-refractivity contribution in [3.8, 4) is 0 Å². The molecule has 3 nitrogen and oxygen atoms in total. The van der Waals surface area contributed by atoms with E-state index in [1.807, 2.05) is 13.8 Å². The van der Waals surface area contributed by atoms with Gasteiger partial charge in [0.25, 0.3) is 0 Å². The van der Waals surface area contributed by atoms with Crippen LogP contribution in [-0.4, -0.2) is 43.2 Å². The van der Waals surface area contributed by atoms with Crippen LogP contribution in [0.5, 0.6) is 0 Å². The average molecular weight is 202 g/mol. The van der Waals surface area contributed by atoms with E-state index < -0.39 is 6.67 Å². The summed E-state index contributed by atoms with van der Waals surface area (Å²) in [7, 11) is 0. The summed E-state index contributed by atoms with van der Waals surface area (Å²) in [5, 5.41) is 3.19. The standard InChI is InChI=1S/C10H19FN2O/c1-8(2)10(14)13(6-4-11)9-3-5-12-7-9/h8-9,12H,3-7H2,1-2H3/t9-/m0/s1. The lowest BCUT2D eigenvalue weighted by molar-refractivity contribution is -0.136. The monoisotopic (exact) mass is 202 g/mol. The largest absolute Gasteiger partial charge is 0.336 e. The van der Waals surface area contributed by atoms with Crippen LogP contribution in [0.25, 0.3) is 0 Å². The van der Waals surface area contributed by atoms with Crippen molar-refractivity contribution in [1.82, 2.24) is 10.2 Å². The molecule has 4 heteroatoms. The number of carbonyl (C=O) groups is 1. The Kier molecular flexibility index (Phi) is 4.32. The topological polar surface area (TPSA) is 32.3 Å². The van der Waals surface area contributed by atoms with Crippen LogP contribution in [0.4, 0.5) is 4.39 Å². The molecule has 0 aliphatic carbocycles. The third-order valence-corrected chi connectivity index (χ3v) is 2.58. The predicted octanol–water partition coefficient (Wildman–Crippen LogP) is 0.802. The summed E-state index contributed by atoms with van der Waals surface area (Å²) < 4.78 is 12.3. The Morgan fingerprint density at radius 1 is 1.64 bits per heavy atom. The van der Waals surface area contributed by atoms with Crippen LogP contribution in [-0.2, 0) is 4.79 Å². The van der Waals surface area contributed by atoms with E-state index in [2.05, 4.69) is 5.32 Å². The molecule has 14 heavy (non-hydrogen) atoms. The van der Waals surface area contributed by atoms with E-state index in [1.165, 1.54) is 0 Å². The minimum Gasteiger partial charge on any atom is -0.336 e. The molecule has 1 heterocycles. The van der Waals surface area contributed by atoms with Gasteiger partial charge in [-0.05, 0) is 13.0 Å². The Labute approximate surface area is 84.7 Å². The van der Waals surface area contributed by atoms with E-state index in [0.29, 0.717) is 0 Å². The first kappa shape index (κ1) is 11.4. The third kappa shape index (κ3) is 2.67. The highest BCUT2D eigenvalue weighted by Gasteiger charge is 2.27. The minimum atomic E-state index is -0.449. The number of carbonyl (C=O) groups excluding carboxylic acids is 1. The fourth-order valence-corrected chi connectivity index (χ4v) is 1.80. The molecule has 0 saturated carbocycles. The van der Waals surface area contributed by atoms with Gasteiger partial charge in [0.2, 0.25) is 5.91 Å². The van der Waals surface area contributed by atoms with Crippen LogP contribution in [0.1, 0.15) is 20.3 Å². The van der Waals surface area contributed by atoms with Crippen molar-refractivity contribution < 1.29 is 9.18 Å². The van der Waals surface area contributed by atoms with Gasteiger partial charge >= 0.3 is 0 Å². The van der Waals surface area contributed by atoms with Crippen molar-refractivity contribution in [3.63, 3.8) is 0 Å². The molecule has 1 saturated heterocycles. The van der Waals surface area contributed by atoms with E-state index in [1.54, 1.807) is 4.90 Å². The molecular formula is C10H19FN2O. The Hall–Kier alpha value is -0.640. The summed E-state index contributed by atoms with van der Waals surface area (Å²) in [4.78, 5) is 13.4. The number of hydrogen-bond donors (Lipinski definition) is 1. The van der Waals surface area contributed by atoms with Crippen molar-refractivity contribution >= 4 is 5.91 Å². The lowest BCUT2D eigenvalue weighted by Gasteiger charge is -2.29. The summed E-state index contributed by atoms with van der Waals surface area (Å²) in [6.07, 6.45) is 0.943. The molecular weight excluding hydrogens is 183 g/mol. The molecule has 0 bridgehead atoms. The van der Waals surface area contributed by atoms with E-state index in [0.717, 1.165) is 19.5 Å². The van der Waals surface area contributed by atoms with Crippen molar-refractivity contribution in [1.29, 1.82) is 0 Å². The van der Waals surface area contributed by atoms with Gasteiger partial charge in [0, 0.05) is 25.0 Å². The van der Waals surface area contributed by atoms with Gasteiger partial charge in [-0.3, -0.25) is 4.79 Å². The van der Waals surface area contributed by atoms with Gasteiger partial charge in [0.15, 0.2) is 0 Å². The zero-order valence-electron chi connectivity index (χ0n) is 8.92. The van der Waals surface area contributed by atoms with E-state index in [9.17, 15) is 9.18 Å². The lowest BCUT2D eigenvalue weighted by Crippen LogP contribution is -2.44. The van der Waals surface area contributed by atoms with Gasteiger partial charge < -0.3 is 10.2 Å². The lowest BCUT2D eigenvalue weighted by atomic mass is 10.1. The van der Waals surface area contributed by atoms with Crippen molar-refractivity contribution in [2.24, 2.45) is 5.92 Å². The van der Waals surface area contributed by atoms with Gasteiger partial charge in [0.05, 0.1) is 0 Å². The second-order valence-electron chi connectivity index (χ2n) is 4.02.